The lowest BCUT2D eigenvalue weighted by Crippen LogP contribution is -2.40. The van der Waals surface area contributed by atoms with Gasteiger partial charge in [-0.15, -0.1) is 0 Å². The standard InChI is InChI=1S/C19H21ClN4O.C16H19ClN4O2.C14H14ClFN4O.C14H15ClN4O2.C13H13ClN4O2/c20-14-7-4-8-15(11-14)21-19(25)24-10-9-17-16(12-24)18(23-22-17)13-5-2-1-3-6-13;1-16(2,23)14-12-9-21(7-6-13(12)19-20-14)15(22)18-11-5-3-4-10(17)8-11;15-9-2-1-3-10(6-9)17-14(21)20-5-4-12-11(8-20)13(7-16)19-18-12;15-9-2-1-3-10(6-9)16-14(21)19-5-4-12-11(7-19)13(8-20)18-17-12;14-8-2-1-3-9(6-8)15-13(20)18-5-4-11-10(7-18)12(19)17-16-11/h4-5,7-8,11H,1-3,6,9-10,12H2,(H,21,25)(H,22,23);3-5,8,23H,6-7,9H2,1-2H3,(H,18,22)(H,19,20);1-3,6H,4-5,7-8H2,(H,17,21)(H,18,19);1-3,6,20H,4-5,7-8H2,(H,16,21)(H,17,18);1-3,6H,4-5,7H2,(H,15,20)(H2,16,17,19). The number of aliphatic hydroxyl groups is 2. The van der Waals surface area contributed by atoms with Gasteiger partial charge in [0.05, 0.1) is 67.7 Å². The average Bonchev–Trinajstić information content (AvgIpc) is 1.63. The predicted octanol–water partition coefficient (Wildman–Crippen LogP) is 14.7. The molecule has 0 radical (unpaired) electrons. The highest BCUT2D eigenvalue weighted by Crippen LogP contribution is 2.34. The summed E-state index contributed by atoms with van der Waals surface area (Å²) in [5.74, 6) is 0. The first-order valence-electron chi connectivity index (χ1n) is 35.7. The largest absolute Gasteiger partial charge is 0.390 e. The maximum Gasteiger partial charge on any atom is 0.322 e. The van der Waals surface area contributed by atoms with E-state index < -0.39 is 12.3 Å². The third kappa shape index (κ3) is 20.2. The first kappa shape index (κ1) is 78.9. The van der Waals surface area contributed by atoms with Gasteiger partial charge < -0.3 is 66.4 Å². The fourth-order valence-electron chi connectivity index (χ4n) is 13.4. The number of aromatic nitrogens is 10. The molecule has 0 saturated heterocycles. The number of nitrogens with zero attached hydrogens (tertiary/aromatic N) is 9. The molecule has 576 valence electrons. The van der Waals surface area contributed by atoms with Crippen LogP contribution in [0.4, 0.5) is 56.8 Å². The van der Waals surface area contributed by atoms with Crippen molar-refractivity contribution < 1.29 is 38.6 Å². The number of urea groups is 5. The summed E-state index contributed by atoms with van der Waals surface area (Å²) in [6.07, 6.45) is 10.4. The lowest BCUT2D eigenvalue weighted by atomic mass is 9.93. The molecule has 0 fully saturated rings. The fourth-order valence-corrected chi connectivity index (χ4v) is 14.3. The number of rotatable bonds is 9. The van der Waals surface area contributed by atoms with Gasteiger partial charge in [-0.2, -0.15) is 20.4 Å². The summed E-state index contributed by atoms with van der Waals surface area (Å²) < 4.78 is 12.8. The van der Waals surface area contributed by atoms with Gasteiger partial charge in [0, 0.05) is 169 Å². The molecular weight excluding hydrogens is 1520 g/mol. The Kier molecular flexibility index (Phi) is 26.0. The van der Waals surface area contributed by atoms with Crippen molar-refractivity contribution in [1.82, 2.24) is 75.5 Å². The van der Waals surface area contributed by atoms with Crippen molar-refractivity contribution in [3.63, 3.8) is 0 Å². The second-order valence-electron chi connectivity index (χ2n) is 27.2. The van der Waals surface area contributed by atoms with E-state index in [1.54, 1.807) is 143 Å². The highest BCUT2D eigenvalue weighted by atomic mass is 35.5. The third-order valence-corrected chi connectivity index (χ3v) is 20.3. The number of carbonyl (C=O) groups excluding carboxylic acids is 5. The van der Waals surface area contributed by atoms with Crippen molar-refractivity contribution in [2.45, 2.75) is 123 Å². The summed E-state index contributed by atoms with van der Waals surface area (Å²) in [5, 5.41) is 70.5. The number of nitrogens with one attached hydrogen (secondary N) is 11. The van der Waals surface area contributed by atoms with E-state index >= 15 is 0 Å². The molecule has 5 aliphatic heterocycles. The number of hydrogen-bond acceptors (Lipinski definition) is 12. The summed E-state index contributed by atoms with van der Waals surface area (Å²) in [6, 6.07) is 34.2. The number of anilines is 5. The topological polar surface area (TPSA) is 366 Å². The number of benzene rings is 5. The van der Waals surface area contributed by atoms with Crippen LogP contribution in [-0.2, 0) is 83.7 Å². The van der Waals surface area contributed by atoms with Crippen LogP contribution < -0.4 is 32.1 Å². The normalized spacial score (nSPS) is 14.7. The molecule has 110 heavy (non-hydrogen) atoms. The van der Waals surface area contributed by atoms with Gasteiger partial charge in [0.15, 0.2) is 0 Å². The minimum Gasteiger partial charge on any atom is -0.390 e. The molecule has 1 aliphatic carbocycles. The van der Waals surface area contributed by atoms with Crippen molar-refractivity contribution in [2.24, 2.45) is 0 Å². The molecule has 6 aliphatic rings. The Bertz CT molecular complexity index is 4900. The molecule has 16 rings (SSSR count). The SMILES string of the molecule is CC(C)(O)c1n[nH]c2c1CN(C(=O)Nc1cccc(Cl)c1)CC2.O=C(Nc1cccc(Cl)c1)N1CCc2[nH][nH]c(=O)c2C1.O=C(Nc1cccc(Cl)c1)N1CCc2[nH]nc(C3=CCCCC3)c2C1.O=C(Nc1cccc(Cl)c1)N1CCc2[nH]nc(CF)c2C1.O=C(Nc1cccc(Cl)c1)N1CCc2[nH]nc(CO)c2C1. The molecule has 5 aromatic carbocycles. The van der Waals surface area contributed by atoms with Crippen molar-refractivity contribution in [3.05, 3.63) is 242 Å². The van der Waals surface area contributed by atoms with Crippen LogP contribution in [-0.4, -0.2) is 149 Å². The molecule has 5 aromatic heterocycles. The molecule has 0 unspecified atom stereocenters. The Morgan fingerprint density at radius 2 is 0.791 bits per heavy atom. The molecule has 0 atom stereocenters. The van der Waals surface area contributed by atoms with E-state index in [0.29, 0.717) is 167 Å². The number of halogens is 6. The molecule has 0 bridgehead atoms. The lowest BCUT2D eigenvalue weighted by Gasteiger charge is -2.28. The molecule has 10 heterocycles. The van der Waals surface area contributed by atoms with Gasteiger partial charge in [-0.1, -0.05) is 94.4 Å². The van der Waals surface area contributed by atoms with Gasteiger partial charge in [-0.25, -0.2) is 28.4 Å². The number of aromatic amines is 6. The van der Waals surface area contributed by atoms with E-state index in [1.165, 1.54) is 24.0 Å². The second-order valence-corrected chi connectivity index (χ2v) is 29.4. The molecule has 0 saturated carbocycles. The average molecular weight is 1600 g/mol. The Balaban J connectivity index is 0.000000128. The van der Waals surface area contributed by atoms with Crippen LogP contribution >= 0.6 is 58.0 Å². The summed E-state index contributed by atoms with van der Waals surface area (Å²) in [6.45, 7) is 7.72. The number of amides is 10. The van der Waals surface area contributed by atoms with Crippen molar-refractivity contribution in [2.75, 3.05) is 59.3 Å². The zero-order chi connectivity index (χ0) is 77.6. The predicted molar refractivity (Wildman–Crippen MR) is 421 cm³/mol. The van der Waals surface area contributed by atoms with E-state index in [2.05, 4.69) is 83.6 Å². The Hall–Kier alpha value is -10.7. The van der Waals surface area contributed by atoms with Gasteiger partial charge >= 0.3 is 30.2 Å². The van der Waals surface area contributed by atoms with E-state index in [9.17, 15) is 43.4 Å². The van der Waals surface area contributed by atoms with Gasteiger partial charge in [0.2, 0.25) is 0 Å². The van der Waals surface area contributed by atoms with Crippen molar-refractivity contribution in [1.29, 1.82) is 0 Å². The Morgan fingerprint density at radius 3 is 1.17 bits per heavy atom. The highest BCUT2D eigenvalue weighted by Gasteiger charge is 2.33. The fraction of sp³-hybridized carbons (Fsp3) is 0.316. The van der Waals surface area contributed by atoms with Crippen LogP contribution in [0.2, 0.25) is 25.1 Å². The first-order chi connectivity index (χ1) is 53.0. The van der Waals surface area contributed by atoms with Crippen LogP contribution in [0, 0.1) is 0 Å². The monoisotopic (exact) mass is 1600 g/mol. The summed E-state index contributed by atoms with van der Waals surface area (Å²) in [5.41, 5.74) is 15.3. The molecule has 13 N–H and O–H groups in total. The molecule has 0 spiro atoms. The van der Waals surface area contributed by atoms with E-state index in [0.717, 1.165) is 70.1 Å². The van der Waals surface area contributed by atoms with Gasteiger partial charge in [0.25, 0.3) is 5.56 Å². The number of alkyl halides is 1. The lowest BCUT2D eigenvalue weighted by molar-refractivity contribution is 0.0719. The smallest absolute Gasteiger partial charge is 0.322 e. The zero-order valence-electron chi connectivity index (χ0n) is 60.1. The van der Waals surface area contributed by atoms with E-state index in [1.807, 2.05) is 17.0 Å². The minimum absolute atomic E-state index is 0.0994. The summed E-state index contributed by atoms with van der Waals surface area (Å²) >= 11 is 29.6. The molecular formula is C76H82Cl5FN20O8. The number of allylic oxidation sites excluding steroid dienone is 2. The van der Waals surface area contributed by atoms with Crippen LogP contribution in [0.3, 0.4) is 0 Å². The number of hydrogen-bond donors (Lipinski definition) is 13. The second kappa shape index (κ2) is 36.2. The molecule has 10 amide bonds. The Labute approximate surface area is 656 Å². The van der Waals surface area contributed by atoms with Gasteiger partial charge in [0.1, 0.15) is 12.3 Å². The van der Waals surface area contributed by atoms with E-state index in [-0.39, 0.29) is 42.3 Å². The summed E-state index contributed by atoms with van der Waals surface area (Å²) in [4.78, 5) is 81.8. The first-order valence-corrected chi connectivity index (χ1v) is 37.6. The highest BCUT2D eigenvalue weighted by molar-refractivity contribution is 6.32. The van der Waals surface area contributed by atoms with Gasteiger partial charge in [-0.3, -0.25) is 30.3 Å². The van der Waals surface area contributed by atoms with Crippen molar-refractivity contribution in [3.8, 4) is 0 Å². The van der Waals surface area contributed by atoms with Gasteiger partial charge in [-0.05, 0) is 136 Å². The quantitative estimate of drug-likeness (QED) is 0.0641. The number of H-pyrrole nitrogens is 6. The zero-order valence-corrected chi connectivity index (χ0v) is 63.9. The minimum atomic E-state index is -1.05. The third-order valence-electron chi connectivity index (χ3n) is 19.1. The maximum absolute atomic E-state index is 12.8. The maximum atomic E-state index is 12.8. The number of fused-ring (bicyclic) bond motifs is 5. The molecule has 34 heteroatoms. The summed E-state index contributed by atoms with van der Waals surface area (Å²) in [7, 11) is 0. The molecule has 28 nitrogen and oxygen atoms in total. The number of aliphatic hydroxyl groups excluding tert-OH is 1. The van der Waals surface area contributed by atoms with Crippen LogP contribution in [0.5, 0.6) is 0 Å². The number of carbonyl (C=O) groups is 5. The van der Waals surface area contributed by atoms with Crippen molar-refractivity contribution >= 4 is 122 Å². The Morgan fingerprint density at radius 1 is 0.445 bits per heavy atom. The van der Waals surface area contributed by atoms with Crippen LogP contribution in [0.25, 0.3) is 5.57 Å². The van der Waals surface area contributed by atoms with Crippen LogP contribution in [0.15, 0.2) is 132 Å². The van der Waals surface area contributed by atoms with Crippen LogP contribution in [0.1, 0.15) is 119 Å². The molecule has 10 aromatic rings. The van der Waals surface area contributed by atoms with E-state index in [4.69, 9.17) is 58.0 Å².